The van der Waals surface area contributed by atoms with Gasteiger partial charge in [0.2, 0.25) is 0 Å². The molecule has 0 aromatic carbocycles. The molecular formula is C25H34O5. The first kappa shape index (κ1) is 22.4. The molecule has 5 nitrogen and oxygen atoms in total. The molecule has 0 amide bonds. The fraction of sp³-hybridized carbons (Fsp3) is 0.600. The lowest BCUT2D eigenvalue weighted by molar-refractivity contribution is -0.183. The zero-order chi connectivity index (χ0) is 22.2. The van der Waals surface area contributed by atoms with Gasteiger partial charge in [0.05, 0.1) is 6.26 Å². The standard InChI is InChI=1S/C25H34O5/c1-8-14(3)23(26)29-19-11-10-18-12-20-21(16(5)13-28-20)22(25(18,7)17(19)6)30-24(27)15(4)9-2/h8-9,13,17-19,22H,10-12H2,1-7H3. The Morgan fingerprint density at radius 3 is 2.30 bits per heavy atom. The van der Waals surface area contributed by atoms with Gasteiger partial charge in [-0.15, -0.1) is 0 Å². The molecule has 3 rings (SSSR count). The number of hydrogen-bond acceptors (Lipinski definition) is 5. The fourth-order valence-electron chi connectivity index (χ4n) is 5.04. The smallest absolute Gasteiger partial charge is 0.334 e. The van der Waals surface area contributed by atoms with Crippen LogP contribution in [0.15, 0.2) is 34.0 Å². The van der Waals surface area contributed by atoms with Gasteiger partial charge in [-0.1, -0.05) is 26.0 Å². The van der Waals surface area contributed by atoms with Crippen LogP contribution < -0.4 is 0 Å². The molecule has 1 aromatic heterocycles. The molecule has 5 unspecified atom stereocenters. The number of fused-ring (bicyclic) bond motifs is 2. The van der Waals surface area contributed by atoms with E-state index in [0.29, 0.717) is 11.1 Å². The van der Waals surface area contributed by atoms with Crippen LogP contribution in [-0.2, 0) is 25.5 Å². The normalized spacial score (nSPS) is 31.6. The summed E-state index contributed by atoms with van der Waals surface area (Å²) >= 11 is 0. The van der Waals surface area contributed by atoms with E-state index in [1.807, 2.05) is 20.8 Å². The topological polar surface area (TPSA) is 65.7 Å². The lowest BCUT2D eigenvalue weighted by Gasteiger charge is -2.54. The minimum absolute atomic E-state index is 0.0241. The van der Waals surface area contributed by atoms with E-state index in [2.05, 4.69) is 13.8 Å². The summed E-state index contributed by atoms with van der Waals surface area (Å²) < 4.78 is 17.9. The third-order valence-electron chi connectivity index (χ3n) is 7.57. The summed E-state index contributed by atoms with van der Waals surface area (Å²) in [5.74, 6) is 0.638. The van der Waals surface area contributed by atoms with Crippen molar-refractivity contribution in [3.05, 3.63) is 46.4 Å². The molecule has 0 bridgehead atoms. The Bertz CT molecular complexity index is 889. The third kappa shape index (κ3) is 3.63. The zero-order valence-corrected chi connectivity index (χ0v) is 19.2. The number of rotatable bonds is 4. The maximum atomic E-state index is 12.8. The third-order valence-corrected chi connectivity index (χ3v) is 7.57. The molecule has 164 valence electrons. The van der Waals surface area contributed by atoms with Crippen LogP contribution in [-0.4, -0.2) is 18.0 Å². The van der Waals surface area contributed by atoms with Gasteiger partial charge in [-0.05, 0) is 58.9 Å². The van der Waals surface area contributed by atoms with Crippen molar-refractivity contribution in [2.24, 2.45) is 17.3 Å². The summed E-state index contributed by atoms with van der Waals surface area (Å²) in [7, 11) is 0. The highest BCUT2D eigenvalue weighted by Gasteiger charge is 2.57. The van der Waals surface area contributed by atoms with Crippen molar-refractivity contribution in [3.63, 3.8) is 0 Å². The van der Waals surface area contributed by atoms with Crippen molar-refractivity contribution in [1.82, 2.24) is 0 Å². The molecule has 5 heteroatoms. The van der Waals surface area contributed by atoms with E-state index in [0.717, 1.165) is 36.1 Å². The van der Waals surface area contributed by atoms with Crippen LogP contribution in [0.3, 0.4) is 0 Å². The number of furan rings is 1. The van der Waals surface area contributed by atoms with Crippen molar-refractivity contribution in [2.75, 3.05) is 0 Å². The highest BCUT2D eigenvalue weighted by atomic mass is 16.6. The Labute approximate surface area is 179 Å². The molecule has 0 N–H and O–H groups in total. The van der Waals surface area contributed by atoms with Crippen molar-refractivity contribution in [3.8, 4) is 0 Å². The monoisotopic (exact) mass is 414 g/mol. The largest absolute Gasteiger partial charge is 0.469 e. The lowest BCUT2D eigenvalue weighted by atomic mass is 9.53. The molecule has 1 aromatic rings. The average molecular weight is 415 g/mol. The van der Waals surface area contributed by atoms with Crippen LogP contribution in [0.4, 0.5) is 0 Å². The van der Waals surface area contributed by atoms with Crippen molar-refractivity contribution >= 4 is 11.9 Å². The van der Waals surface area contributed by atoms with Gasteiger partial charge in [-0.2, -0.15) is 0 Å². The van der Waals surface area contributed by atoms with E-state index >= 15 is 0 Å². The lowest BCUT2D eigenvalue weighted by Crippen LogP contribution is -2.53. The second kappa shape index (κ2) is 8.44. The number of hydrogen-bond donors (Lipinski definition) is 0. The maximum absolute atomic E-state index is 12.8. The van der Waals surface area contributed by atoms with Crippen LogP contribution in [0, 0.1) is 24.2 Å². The predicted octanol–water partition coefficient (Wildman–Crippen LogP) is 5.63. The van der Waals surface area contributed by atoms with E-state index < -0.39 is 6.10 Å². The fourth-order valence-corrected chi connectivity index (χ4v) is 5.04. The second-order valence-electron chi connectivity index (χ2n) is 9.06. The maximum Gasteiger partial charge on any atom is 0.334 e. The average Bonchev–Trinajstić information content (AvgIpc) is 3.10. The highest BCUT2D eigenvalue weighted by Crippen LogP contribution is 2.60. The molecule has 2 aliphatic rings. The van der Waals surface area contributed by atoms with Gasteiger partial charge in [0.15, 0.2) is 0 Å². The molecule has 1 heterocycles. The van der Waals surface area contributed by atoms with E-state index in [1.54, 1.807) is 32.3 Å². The predicted molar refractivity (Wildman–Crippen MR) is 115 cm³/mol. The Morgan fingerprint density at radius 1 is 1.10 bits per heavy atom. The summed E-state index contributed by atoms with van der Waals surface area (Å²) in [4.78, 5) is 25.2. The first-order chi connectivity index (χ1) is 14.1. The van der Waals surface area contributed by atoms with Crippen molar-refractivity contribution < 1.29 is 23.5 Å². The van der Waals surface area contributed by atoms with E-state index in [-0.39, 0.29) is 35.3 Å². The summed E-state index contributed by atoms with van der Waals surface area (Å²) in [5.41, 5.74) is 2.81. The first-order valence-corrected chi connectivity index (χ1v) is 10.9. The van der Waals surface area contributed by atoms with Gasteiger partial charge < -0.3 is 13.9 Å². The van der Waals surface area contributed by atoms with Gasteiger partial charge in [-0.3, -0.25) is 0 Å². The SMILES string of the molecule is CC=C(C)C(=O)OC1CCC2Cc3occ(C)c3C(OC(=O)C(C)=CC)C2(C)C1C. The first-order valence-electron chi connectivity index (χ1n) is 10.9. The van der Waals surface area contributed by atoms with E-state index in [9.17, 15) is 9.59 Å². The summed E-state index contributed by atoms with van der Waals surface area (Å²) in [6.45, 7) is 13.5. The molecule has 1 fully saturated rings. The van der Waals surface area contributed by atoms with Gasteiger partial charge >= 0.3 is 11.9 Å². The molecule has 0 aliphatic heterocycles. The number of ether oxygens (including phenoxy) is 2. The summed E-state index contributed by atoms with van der Waals surface area (Å²) in [6.07, 6.45) is 7.15. The number of allylic oxidation sites excluding steroid dienone is 2. The van der Waals surface area contributed by atoms with Gasteiger partial charge in [0, 0.05) is 34.5 Å². The molecule has 0 saturated heterocycles. The number of carbonyl (C=O) groups is 2. The summed E-state index contributed by atoms with van der Waals surface area (Å²) in [5, 5.41) is 0. The van der Waals surface area contributed by atoms with Crippen LogP contribution >= 0.6 is 0 Å². The zero-order valence-electron chi connectivity index (χ0n) is 19.2. The Kier molecular flexibility index (Phi) is 6.30. The minimum Gasteiger partial charge on any atom is -0.469 e. The quantitative estimate of drug-likeness (QED) is 0.472. The molecule has 0 radical (unpaired) electrons. The molecular weight excluding hydrogens is 380 g/mol. The Balaban J connectivity index is 2.00. The van der Waals surface area contributed by atoms with Gasteiger partial charge in [-0.25, -0.2) is 9.59 Å². The number of esters is 2. The van der Waals surface area contributed by atoms with Crippen LogP contribution in [0.25, 0.3) is 0 Å². The van der Waals surface area contributed by atoms with Crippen molar-refractivity contribution in [2.45, 2.75) is 79.9 Å². The van der Waals surface area contributed by atoms with Gasteiger partial charge in [0.1, 0.15) is 18.0 Å². The second-order valence-corrected chi connectivity index (χ2v) is 9.06. The van der Waals surface area contributed by atoms with E-state index in [4.69, 9.17) is 13.9 Å². The molecule has 1 saturated carbocycles. The van der Waals surface area contributed by atoms with Crippen molar-refractivity contribution in [1.29, 1.82) is 0 Å². The van der Waals surface area contributed by atoms with Crippen LogP contribution in [0.5, 0.6) is 0 Å². The van der Waals surface area contributed by atoms with Crippen LogP contribution in [0.1, 0.15) is 77.4 Å². The summed E-state index contributed by atoms with van der Waals surface area (Å²) in [6, 6.07) is 0. The minimum atomic E-state index is -0.438. The van der Waals surface area contributed by atoms with E-state index in [1.165, 1.54) is 0 Å². The Morgan fingerprint density at radius 2 is 1.70 bits per heavy atom. The molecule has 30 heavy (non-hydrogen) atoms. The number of carbonyl (C=O) groups excluding carboxylic acids is 2. The highest BCUT2D eigenvalue weighted by molar-refractivity contribution is 5.88. The van der Waals surface area contributed by atoms with Crippen LogP contribution in [0.2, 0.25) is 0 Å². The Hall–Kier alpha value is -2.30. The molecule has 5 atom stereocenters. The number of aryl methyl sites for hydroxylation is 1. The van der Waals surface area contributed by atoms with Gasteiger partial charge in [0.25, 0.3) is 0 Å². The molecule has 2 aliphatic carbocycles. The molecule has 0 spiro atoms.